The van der Waals surface area contributed by atoms with Crippen LogP contribution in [0.4, 0.5) is 0 Å². The number of rotatable bonds is 5. The zero-order valence-electron chi connectivity index (χ0n) is 14.9. The third-order valence-electron chi connectivity index (χ3n) is 5.28. The molecule has 3 aliphatic rings. The molecule has 0 aliphatic carbocycles. The van der Waals surface area contributed by atoms with Crippen LogP contribution in [0.1, 0.15) is 30.5 Å². The van der Waals surface area contributed by atoms with E-state index in [1.54, 1.807) is 27.7 Å². The van der Waals surface area contributed by atoms with Gasteiger partial charge in [0.05, 0.1) is 29.9 Å². The van der Waals surface area contributed by atoms with Gasteiger partial charge in [0.2, 0.25) is 11.8 Å². The molecular formula is C18H23N5O2S. The molecule has 3 aliphatic heterocycles. The van der Waals surface area contributed by atoms with E-state index in [4.69, 9.17) is 0 Å². The Bertz CT molecular complexity index is 787. The van der Waals surface area contributed by atoms with Gasteiger partial charge in [-0.15, -0.1) is 11.3 Å². The lowest BCUT2D eigenvalue weighted by molar-refractivity contribution is -0.140. The van der Waals surface area contributed by atoms with E-state index in [0.29, 0.717) is 32.6 Å². The fraction of sp³-hybridized carbons (Fsp3) is 0.556. The molecule has 2 bridgehead atoms. The minimum atomic E-state index is -0.0803. The van der Waals surface area contributed by atoms with E-state index < -0.39 is 0 Å². The molecule has 2 amide bonds. The first-order valence-corrected chi connectivity index (χ1v) is 9.99. The number of fused-ring (bicyclic) bond motifs is 4. The fourth-order valence-electron chi connectivity index (χ4n) is 3.90. The second-order valence-electron chi connectivity index (χ2n) is 7.20. The molecule has 5 heterocycles. The summed E-state index contributed by atoms with van der Waals surface area (Å²) in [5.74, 6) is 0.203. The highest BCUT2D eigenvalue weighted by atomic mass is 32.1. The van der Waals surface area contributed by atoms with Crippen molar-refractivity contribution in [3.05, 3.63) is 34.5 Å². The van der Waals surface area contributed by atoms with Crippen LogP contribution >= 0.6 is 11.3 Å². The van der Waals surface area contributed by atoms with Crippen molar-refractivity contribution in [3.8, 4) is 0 Å². The van der Waals surface area contributed by atoms with Crippen molar-refractivity contribution in [3.63, 3.8) is 0 Å². The maximum atomic E-state index is 12.8. The first-order valence-electron chi connectivity index (χ1n) is 9.04. The summed E-state index contributed by atoms with van der Waals surface area (Å²) >= 11 is 1.54. The Morgan fingerprint density at radius 2 is 2.23 bits per heavy atom. The Kier molecular flexibility index (Phi) is 4.76. The Labute approximate surface area is 156 Å². The number of thiazole rings is 1. The molecule has 3 fully saturated rings. The van der Waals surface area contributed by atoms with Gasteiger partial charge in [0.1, 0.15) is 0 Å². The second kappa shape index (κ2) is 7.19. The van der Waals surface area contributed by atoms with Crippen molar-refractivity contribution in [2.75, 3.05) is 13.1 Å². The Morgan fingerprint density at radius 1 is 1.35 bits per heavy atom. The van der Waals surface area contributed by atoms with Gasteiger partial charge >= 0.3 is 0 Å². The van der Waals surface area contributed by atoms with Crippen LogP contribution in [0.25, 0.3) is 0 Å². The molecule has 2 aromatic rings. The van der Waals surface area contributed by atoms with E-state index >= 15 is 0 Å². The van der Waals surface area contributed by atoms with Crippen LogP contribution in [-0.4, -0.2) is 55.5 Å². The van der Waals surface area contributed by atoms with E-state index in [2.05, 4.69) is 10.1 Å². The molecule has 2 aromatic heterocycles. The van der Waals surface area contributed by atoms with Crippen molar-refractivity contribution in [1.82, 2.24) is 24.6 Å². The van der Waals surface area contributed by atoms with Gasteiger partial charge in [0, 0.05) is 43.7 Å². The smallest absolute Gasteiger partial charge is 0.228 e. The normalized spacial score (nSPS) is 22.7. The van der Waals surface area contributed by atoms with Crippen LogP contribution in [0.5, 0.6) is 0 Å². The first-order chi connectivity index (χ1) is 12.6. The van der Waals surface area contributed by atoms with E-state index in [1.807, 2.05) is 28.3 Å². The zero-order chi connectivity index (χ0) is 18.1. The highest BCUT2D eigenvalue weighted by Gasteiger charge is 2.41. The lowest BCUT2D eigenvalue weighted by Crippen LogP contribution is -2.47. The third kappa shape index (κ3) is 3.51. The molecule has 0 unspecified atom stereocenters. The van der Waals surface area contributed by atoms with Gasteiger partial charge in [-0.3, -0.25) is 14.3 Å². The Morgan fingerprint density at radius 3 is 2.96 bits per heavy atom. The SMILES string of the molecule is Cc1cnn(CCC(=O)N2C[C@@H]3CC[C@H](C2)N(Cc2cscn2)C3=O)c1. The molecule has 3 saturated heterocycles. The number of carbonyl (C=O) groups excluding carboxylic acids is 2. The van der Waals surface area contributed by atoms with Crippen molar-refractivity contribution in [1.29, 1.82) is 0 Å². The number of nitrogens with zero attached hydrogens (tertiary/aromatic N) is 5. The van der Waals surface area contributed by atoms with Crippen molar-refractivity contribution in [2.45, 2.75) is 45.3 Å². The number of piperidine rings is 1. The minimum absolute atomic E-state index is 0.0803. The largest absolute Gasteiger partial charge is 0.340 e. The lowest BCUT2D eigenvalue weighted by Gasteiger charge is -2.35. The molecule has 2 atom stereocenters. The maximum absolute atomic E-state index is 12.8. The van der Waals surface area contributed by atoms with Gasteiger partial charge < -0.3 is 9.80 Å². The highest BCUT2D eigenvalue weighted by Crippen LogP contribution is 2.30. The molecule has 0 spiro atoms. The highest BCUT2D eigenvalue weighted by molar-refractivity contribution is 7.07. The summed E-state index contributed by atoms with van der Waals surface area (Å²) in [6, 6.07) is 0.0962. The topological polar surface area (TPSA) is 71.3 Å². The van der Waals surface area contributed by atoms with Gasteiger partial charge in [0.15, 0.2) is 0 Å². The summed E-state index contributed by atoms with van der Waals surface area (Å²) in [4.78, 5) is 33.7. The quantitative estimate of drug-likeness (QED) is 0.800. The number of carbonyl (C=O) groups is 2. The molecule has 138 valence electrons. The van der Waals surface area contributed by atoms with Crippen LogP contribution in [0, 0.1) is 12.8 Å². The summed E-state index contributed by atoms with van der Waals surface area (Å²) in [5, 5.41) is 6.22. The maximum Gasteiger partial charge on any atom is 0.228 e. The molecule has 8 heteroatoms. The number of aromatic nitrogens is 3. The van der Waals surface area contributed by atoms with Crippen molar-refractivity contribution >= 4 is 23.2 Å². The summed E-state index contributed by atoms with van der Waals surface area (Å²) < 4.78 is 1.80. The van der Waals surface area contributed by atoms with Crippen LogP contribution in [0.2, 0.25) is 0 Å². The predicted octanol–water partition coefficient (Wildman–Crippen LogP) is 1.69. The Hall–Kier alpha value is -2.22. The summed E-state index contributed by atoms with van der Waals surface area (Å²) in [6.07, 6.45) is 5.99. The number of hydrogen-bond acceptors (Lipinski definition) is 5. The average molecular weight is 373 g/mol. The third-order valence-corrected chi connectivity index (χ3v) is 5.91. The predicted molar refractivity (Wildman–Crippen MR) is 97.3 cm³/mol. The summed E-state index contributed by atoms with van der Waals surface area (Å²) in [7, 11) is 0. The summed E-state index contributed by atoms with van der Waals surface area (Å²) in [5.41, 5.74) is 3.82. The fourth-order valence-corrected chi connectivity index (χ4v) is 4.45. The molecule has 0 radical (unpaired) electrons. The number of aryl methyl sites for hydroxylation is 2. The molecule has 0 saturated carbocycles. The zero-order valence-corrected chi connectivity index (χ0v) is 15.7. The van der Waals surface area contributed by atoms with Gasteiger partial charge in [-0.2, -0.15) is 5.10 Å². The average Bonchev–Trinajstić information content (AvgIpc) is 3.21. The lowest BCUT2D eigenvalue weighted by atomic mass is 9.94. The van der Waals surface area contributed by atoms with Crippen molar-refractivity contribution < 1.29 is 9.59 Å². The molecular weight excluding hydrogens is 350 g/mol. The van der Waals surface area contributed by atoms with Crippen LogP contribution in [0.3, 0.4) is 0 Å². The minimum Gasteiger partial charge on any atom is -0.340 e. The molecule has 26 heavy (non-hydrogen) atoms. The number of amides is 2. The second-order valence-corrected chi connectivity index (χ2v) is 7.92. The van der Waals surface area contributed by atoms with Crippen LogP contribution in [-0.2, 0) is 22.7 Å². The van der Waals surface area contributed by atoms with Crippen LogP contribution < -0.4 is 0 Å². The van der Waals surface area contributed by atoms with Crippen molar-refractivity contribution in [2.24, 2.45) is 5.92 Å². The van der Waals surface area contributed by atoms with E-state index in [-0.39, 0.29) is 23.8 Å². The standard InChI is InChI=1S/C18H23N5O2S/c1-13-6-20-22(7-13)5-4-17(24)21-8-14-2-3-16(10-21)23(18(14)25)9-15-11-26-12-19-15/h6-7,11-12,14,16H,2-5,8-10H2,1H3/t14-,16+/m0/s1. The van der Waals surface area contributed by atoms with E-state index in [1.165, 1.54) is 0 Å². The summed E-state index contributed by atoms with van der Waals surface area (Å²) in [6.45, 7) is 4.29. The monoisotopic (exact) mass is 373 g/mol. The van der Waals surface area contributed by atoms with Crippen LogP contribution in [0.15, 0.2) is 23.3 Å². The molecule has 0 aromatic carbocycles. The molecule has 0 N–H and O–H groups in total. The van der Waals surface area contributed by atoms with E-state index in [9.17, 15) is 9.59 Å². The molecule has 5 rings (SSSR count). The first kappa shape index (κ1) is 17.2. The van der Waals surface area contributed by atoms with Gasteiger partial charge in [-0.05, 0) is 25.3 Å². The number of hydrogen-bond donors (Lipinski definition) is 0. The van der Waals surface area contributed by atoms with Gasteiger partial charge in [0.25, 0.3) is 0 Å². The molecule has 7 nitrogen and oxygen atoms in total. The van der Waals surface area contributed by atoms with Gasteiger partial charge in [-0.25, -0.2) is 4.98 Å². The van der Waals surface area contributed by atoms with Gasteiger partial charge in [-0.1, -0.05) is 0 Å². The van der Waals surface area contributed by atoms with E-state index in [0.717, 1.165) is 24.1 Å². The Balaban J connectivity index is 1.41.